The van der Waals surface area contributed by atoms with Crippen molar-refractivity contribution in [2.45, 2.75) is 18.2 Å². The molecule has 116 valence electrons. The zero-order valence-corrected chi connectivity index (χ0v) is 12.7. The van der Waals surface area contributed by atoms with Crippen LogP contribution in [-0.2, 0) is 14.8 Å². The van der Waals surface area contributed by atoms with Crippen LogP contribution in [-0.4, -0.2) is 50.1 Å². The molecule has 21 heavy (non-hydrogen) atoms. The summed E-state index contributed by atoms with van der Waals surface area (Å²) in [5.41, 5.74) is 0.324. The first kappa shape index (κ1) is 15.9. The first-order valence-corrected chi connectivity index (χ1v) is 8.31. The molecule has 1 fully saturated rings. The molecule has 7 heteroatoms. The molecule has 1 aromatic carbocycles. The van der Waals surface area contributed by atoms with Gasteiger partial charge in [0.2, 0.25) is 10.0 Å². The Morgan fingerprint density at radius 1 is 1.38 bits per heavy atom. The van der Waals surface area contributed by atoms with Gasteiger partial charge in [0.1, 0.15) is 0 Å². The van der Waals surface area contributed by atoms with Crippen LogP contribution < -0.4 is 0 Å². The molecule has 1 aliphatic heterocycles. The highest BCUT2D eigenvalue weighted by molar-refractivity contribution is 7.89. The molecular formula is C14H19NO5S. The number of carbonyl (C=O) groups excluding carboxylic acids is 1. The highest BCUT2D eigenvalue weighted by Gasteiger charge is 2.32. The molecule has 1 unspecified atom stereocenters. The van der Waals surface area contributed by atoms with Crippen molar-refractivity contribution in [1.29, 1.82) is 0 Å². The molecule has 1 aliphatic rings. The molecule has 0 saturated carbocycles. The molecule has 1 heterocycles. The predicted molar refractivity (Wildman–Crippen MR) is 76.4 cm³/mol. The third-order valence-corrected chi connectivity index (χ3v) is 5.39. The van der Waals surface area contributed by atoms with Gasteiger partial charge in [0, 0.05) is 19.7 Å². The lowest BCUT2D eigenvalue weighted by Gasteiger charge is -2.16. The van der Waals surface area contributed by atoms with Crippen molar-refractivity contribution in [3.63, 3.8) is 0 Å². The number of aliphatic hydroxyl groups excluding tert-OH is 1. The van der Waals surface area contributed by atoms with E-state index in [0.717, 1.165) is 0 Å². The van der Waals surface area contributed by atoms with Gasteiger partial charge in [-0.2, -0.15) is 4.31 Å². The molecule has 0 aromatic heterocycles. The van der Waals surface area contributed by atoms with Crippen molar-refractivity contribution in [1.82, 2.24) is 4.31 Å². The first-order chi connectivity index (χ1) is 9.98. The molecule has 6 nitrogen and oxygen atoms in total. The molecule has 0 aliphatic carbocycles. The third-order valence-electron chi connectivity index (χ3n) is 3.51. The van der Waals surface area contributed by atoms with Crippen molar-refractivity contribution < 1.29 is 23.1 Å². The van der Waals surface area contributed by atoms with Gasteiger partial charge in [-0.25, -0.2) is 13.2 Å². The Bertz CT molecular complexity index is 596. The number of hydrogen-bond acceptors (Lipinski definition) is 5. The molecule has 1 saturated heterocycles. The van der Waals surface area contributed by atoms with Gasteiger partial charge in [0.25, 0.3) is 0 Å². The minimum Gasteiger partial charge on any atom is -0.462 e. The van der Waals surface area contributed by atoms with Crippen molar-refractivity contribution >= 4 is 16.0 Å². The van der Waals surface area contributed by atoms with Crippen molar-refractivity contribution in [2.24, 2.45) is 5.92 Å². The number of hydrogen-bond donors (Lipinski definition) is 1. The lowest BCUT2D eigenvalue weighted by molar-refractivity contribution is 0.0526. The summed E-state index contributed by atoms with van der Waals surface area (Å²) in [5, 5.41) is 9.10. The predicted octanol–water partition coefficient (Wildman–Crippen LogP) is 0.866. The number of benzene rings is 1. The largest absolute Gasteiger partial charge is 0.462 e. The van der Waals surface area contributed by atoms with Crippen LogP contribution in [0, 0.1) is 5.92 Å². The second-order valence-corrected chi connectivity index (χ2v) is 6.88. The lowest BCUT2D eigenvalue weighted by Crippen LogP contribution is -2.29. The second kappa shape index (κ2) is 6.55. The minimum atomic E-state index is -3.57. The molecule has 0 amide bonds. The number of ether oxygens (including phenoxy) is 1. The molecule has 1 atom stereocenters. The maximum absolute atomic E-state index is 12.4. The van der Waals surface area contributed by atoms with E-state index in [4.69, 9.17) is 9.84 Å². The van der Waals surface area contributed by atoms with E-state index in [1.165, 1.54) is 28.6 Å². The standard InChI is InChI=1S/C14H19NO5S/c1-2-20-14(17)12-3-5-13(6-4-12)21(18,19)15-8-7-11(9-15)10-16/h3-6,11,16H,2,7-10H2,1H3. The summed E-state index contributed by atoms with van der Waals surface area (Å²) in [7, 11) is -3.57. The zero-order chi connectivity index (χ0) is 15.5. The van der Waals surface area contributed by atoms with Crippen LogP contribution >= 0.6 is 0 Å². The normalized spacial score (nSPS) is 19.6. The van der Waals surface area contributed by atoms with E-state index in [1.54, 1.807) is 6.92 Å². The van der Waals surface area contributed by atoms with Gasteiger partial charge in [-0.3, -0.25) is 0 Å². The van der Waals surface area contributed by atoms with Crippen LogP contribution in [0.4, 0.5) is 0 Å². The van der Waals surface area contributed by atoms with Crippen LogP contribution in [0.1, 0.15) is 23.7 Å². The summed E-state index contributed by atoms with van der Waals surface area (Å²) in [5.74, 6) is -0.471. The highest BCUT2D eigenvalue weighted by Crippen LogP contribution is 2.24. The van der Waals surface area contributed by atoms with Crippen molar-refractivity contribution in [3.8, 4) is 0 Å². The highest BCUT2D eigenvalue weighted by atomic mass is 32.2. The van der Waals surface area contributed by atoms with Gasteiger partial charge in [-0.1, -0.05) is 0 Å². The van der Waals surface area contributed by atoms with Gasteiger partial charge < -0.3 is 9.84 Å². The molecular weight excluding hydrogens is 294 g/mol. The number of esters is 1. The second-order valence-electron chi connectivity index (χ2n) is 4.95. The maximum Gasteiger partial charge on any atom is 0.338 e. The molecule has 0 bridgehead atoms. The molecule has 0 radical (unpaired) electrons. The Kier molecular flexibility index (Phi) is 4.97. The fourth-order valence-corrected chi connectivity index (χ4v) is 3.82. The number of rotatable bonds is 5. The summed E-state index contributed by atoms with van der Waals surface area (Å²) in [6.45, 7) is 2.72. The van der Waals surface area contributed by atoms with E-state index in [0.29, 0.717) is 25.1 Å². The Morgan fingerprint density at radius 2 is 2.05 bits per heavy atom. The third kappa shape index (κ3) is 3.42. The van der Waals surface area contributed by atoms with Crippen molar-refractivity contribution in [3.05, 3.63) is 29.8 Å². The Morgan fingerprint density at radius 3 is 2.57 bits per heavy atom. The minimum absolute atomic E-state index is 0.00131. The van der Waals surface area contributed by atoms with Gasteiger partial charge in [0.05, 0.1) is 17.1 Å². The molecule has 1 N–H and O–H groups in total. The quantitative estimate of drug-likeness (QED) is 0.815. The first-order valence-electron chi connectivity index (χ1n) is 6.87. The van der Waals surface area contributed by atoms with Gasteiger partial charge in [-0.15, -0.1) is 0 Å². The summed E-state index contributed by atoms with van der Waals surface area (Å²) in [6.07, 6.45) is 0.663. The van der Waals surface area contributed by atoms with Crippen molar-refractivity contribution in [2.75, 3.05) is 26.3 Å². The summed E-state index contributed by atoms with van der Waals surface area (Å²) in [6, 6.07) is 5.72. The van der Waals surface area contributed by atoms with Crippen LogP contribution in [0.25, 0.3) is 0 Å². The number of nitrogens with zero attached hydrogens (tertiary/aromatic N) is 1. The van der Waals surface area contributed by atoms with Gasteiger partial charge in [-0.05, 0) is 43.5 Å². The number of sulfonamides is 1. The zero-order valence-electron chi connectivity index (χ0n) is 11.9. The Balaban J connectivity index is 2.16. The molecule has 0 spiro atoms. The van der Waals surface area contributed by atoms with Crippen LogP contribution in [0.15, 0.2) is 29.2 Å². The van der Waals surface area contributed by atoms with E-state index in [-0.39, 0.29) is 24.0 Å². The van der Waals surface area contributed by atoms with E-state index in [9.17, 15) is 13.2 Å². The summed E-state index contributed by atoms with van der Waals surface area (Å²) >= 11 is 0. The number of carbonyl (C=O) groups is 1. The number of aliphatic hydroxyl groups is 1. The topological polar surface area (TPSA) is 83.9 Å². The van der Waals surface area contributed by atoms with Crippen LogP contribution in [0.2, 0.25) is 0 Å². The van der Waals surface area contributed by atoms with E-state index >= 15 is 0 Å². The van der Waals surface area contributed by atoms with E-state index < -0.39 is 16.0 Å². The average molecular weight is 313 g/mol. The Labute approximate surface area is 124 Å². The average Bonchev–Trinajstić information content (AvgIpc) is 2.97. The van der Waals surface area contributed by atoms with Gasteiger partial charge in [0.15, 0.2) is 0 Å². The molecule has 2 rings (SSSR count). The fourth-order valence-electron chi connectivity index (χ4n) is 2.29. The molecule has 1 aromatic rings. The van der Waals surface area contributed by atoms with E-state index in [2.05, 4.69) is 0 Å². The maximum atomic E-state index is 12.4. The van der Waals surface area contributed by atoms with Gasteiger partial charge >= 0.3 is 5.97 Å². The summed E-state index contributed by atoms with van der Waals surface area (Å²) < 4.78 is 31.1. The van der Waals surface area contributed by atoms with Crippen LogP contribution in [0.3, 0.4) is 0 Å². The smallest absolute Gasteiger partial charge is 0.338 e. The van der Waals surface area contributed by atoms with Crippen LogP contribution in [0.5, 0.6) is 0 Å². The monoisotopic (exact) mass is 313 g/mol. The van der Waals surface area contributed by atoms with E-state index in [1.807, 2.05) is 0 Å². The SMILES string of the molecule is CCOC(=O)c1ccc(S(=O)(=O)N2CCC(CO)C2)cc1. The lowest BCUT2D eigenvalue weighted by atomic mass is 10.1. The summed E-state index contributed by atoms with van der Waals surface area (Å²) in [4.78, 5) is 11.7. The Hall–Kier alpha value is -1.44. The fraction of sp³-hybridized carbons (Fsp3) is 0.500.